The third kappa shape index (κ3) is 1.97. The number of fused-ring (bicyclic) bond motifs is 2. The SMILES string of the molecule is O=C(CC1CC2CCC1C2)N1CCC(Cl)C1. The summed E-state index contributed by atoms with van der Waals surface area (Å²) in [6, 6.07) is 0. The third-order valence-corrected chi connectivity index (χ3v) is 5.16. The molecular formula is C13H20ClNO. The molecule has 2 aliphatic carbocycles. The maximum atomic E-state index is 12.1. The first-order valence-corrected chi connectivity index (χ1v) is 7.08. The molecule has 1 saturated heterocycles. The van der Waals surface area contributed by atoms with Crippen LogP contribution in [-0.2, 0) is 4.79 Å². The highest BCUT2D eigenvalue weighted by Gasteiger charge is 2.41. The largest absolute Gasteiger partial charge is 0.341 e. The molecule has 1 aliphatic heterocycles. The number of hydrogen-bond donors (Lipinski definition) is 0. The third-order valence-electron chi connectivity index (χ3n) is 4.80. The van der Waals surface area contributed by atoms with Crippen molar-refractivity contribution in [3.8, 4) is 0 Å². The van der Waals surface area contributed by atoms with Crippen LogP contribution in [-0.4, -0.2) is 29.3 Å². The second-order valence-corrected chi connectivity index (χ2v) is 6.48. The number of rotatable bonds is 2. The van der Waals surface area contributed by atoms with Gasteiger partial charge in [0.05, 0.1) is 5.38 Å². The molecule has 1 heterocycles. The van der Waals surface area contributed by atoms with Crippen LogP contribution in [0.15, 0.2) is 0 Å². The minimum Gasteiger partial charge on any atom is -0.341 e. The van der Waals surface area contributed by atoms with E-state index in [1.807, 2.05) is 4.90 Å². The Labute approximate surface area is 102 Å². The Morgan fingerprint density at radius 3 is 2.69 bits per heavy atom. The minimum absolute atomic E-state index is 0.198. The quantitative estimate of drug-likeness (QED) is 0.681. The number of nitrogens with zero attached hydrogens (tertiary/aromatic N) is 1. The topological polar surface area (TPSA) is 20.3 Å². The molecule has 0 N–H and O–H groups in total. The lowest BCUT2D eigenvalue weighted by Gasteiger charge is -2.24. The first-order chi connectivity index (χ1) is 7.72. The van der Waals surface area contributed by atoms with Gasteiger partial charge >= 0.3 is 0 Å². The Balaban J connectivity index is 1.53. The molecule has 4 atom stereocenters. The van der Waals surface area contributed by atoms with E-state index in [-0.39, 0.29) is 5.38 Å². The zero-order chi connectivity index (χ0) is 11.1. The molecule has 2 bridgehead atoms. The lowest BCUT2D eigenvalue weighted by molar-refractivity contribution is -0.131. The van der Waals surface area contributed by atoms with E-state index < -0.39 is 0 Å². The summed E-state index contributed by atoms with van der Waals surface area (Å²) in [4.78, 5) is 14.1. The molecule has 2 saturated carbocycles. The normalized spacial score (nSPS) is 41.9. The van der Waals surface area contributed by atoms with Crippen LogP contribution in [0.25, 0.3) is 0 Å². The van der Waals surface area contributed by atoms with Crippen LogP contribution in [0.2, 0.25) is 0 Å². The smallest absolute Gasteiger partial charge is 0.222 e. The molecule has 16 heavy (non-hydrogen) atoms. The maximum absolute atomic E-state index is 12.1. The van der Waals surface area contributed by atoms with Crippen molar-refractivity contribution in [1.29, 1.82) is 0 Å². The highest BCUT2D eigenvalue weighted by atomic mass is 35.5. The first kappa shape index (κ1) is 10.9. The highest BCUT2D eigenvalue weighted by Crippen LogP contribution is 2.49. The average molecular weight is 242 g/mol. The Morgan fingerprint density at radius 2 is 2.12 bits per heavy atom. The van der Waals surface area contributed by atoms with Crippen molar-refractivity contribution < 1.29 is 4.79 Å². The molecule has 0 radical (unpaired) electrons. The van der Waals surface area contributed by atoms with E-state index in [1.54, 1.807) is 0 Å². The number of carbonyl (C=O) groups is 1. The Morgan fingerprint density at radius 1 is 1.25 bits per heavy atom. The summed E-state index contributed by atoms with van der Waals surface area (Å²) >= 11 is 6.04. The molecule has 3 aliphatic rings. The molecule has 3 heteroatoms. The average Bonchev–Trinajstić information content (AvgIpc) is 2.92. The molecule has 2 nitrogen and oxygen atoms in total. The predicted octanol–water partition coefficient (Wildman–Crippen LogP) is 2.65. The van der Waals surface area contributed by atoms with E-state index in [0.29, 0.717) is 11.8 Å². The lowest BCUT2D eigenvalue weighted by Crippen LogP contribution is -2.31. The van der Waals surface area contributed by atoms with E-state index in [2.05, 4.69) is 0 Å². The maximum Gasteiger partial charge on any atom is 0.222 e. The minimum atomic E-state index is 0.198. The standard InChI is InChI=1S/C13H20ClNO/c14-12-3-4-15(8-12)13(16)7-11-6-9-1-2-10(11)5-9/h9-12H,1-8H2. The van der Waals surface area contributed by atoms with Gasteiger partial charge in [-0.05, 0) is 43.4 Å². The van der Waals surface area contributed by atoms with Gasteiger partial charge in [0.2, 0.25) is 5.91 Å². The Bertz CT molecular complexity index is 294. The van der Waals surface area contributed by atoms with Crippen LogP contribution in [0.4, 0.5) is 0 Å². The second-order valence-electron chi connectivity index (χ2n) is 5.86. The van der Waals surface area contributed by atoms with E-state index in [0.717, 1.165) is 37.8 Å². The Hall–Kier alpha value is -0.240. The highest BCUT2D eigenvalue weighted by molar-refractivity contribution is 6.21. The van der Waals surface area contributed by atoms with Crippen LogP contribution in [0.1, 0.15) is 38.5 Å². The molecule has 0 aromatic carbocycles. The van der Waals surface area contributed by atoms with Gasteiger partial charge in [0, 0.05) is 19.5 Å². The van der Waals surface area contributed by atoms with Crippen LogP contribution < -0.4 is 0 Å². The van der Waals surface area contributed by atoms with Crippen molar-refractivity contribution >= 4 is 17.5 Å². The summed E-state index contributed by atoms with van der Waals surface area (Å²) in [6.45, 7) is 1.66. The first-order valence-electron chi connectivity index (χ1n) is 6.64. The van der Waals surface area contributed by atoms with Crippen molar-refractivity contribution in [3.05, 3.63) is 0 Å². The summed E-state index contributed by atoms with van der Waals surface area (Å²) in [5.74, 6) is 2.87. The number of amides is 1. The van der Waals surface area contributed by atoms with E-state index in [4.69, 9.17) is 11.6 Å². The molecule has 0 spiro atoms. The molecule has 0 aromatic rings. The number of halogens is 1. The van der Waals surface area contributed by atoms with Gasteiger partial charge in [-0.15, -0.1) is 11.6 Å². The molecule has 3 fully saturated rings. The molecule has 1 amide bonds. The fourth-order valence-corrected chi connectivity index (χ4v) is 4.19. The number of carbonyl (C=O) groups excluding carboxylic acids is 1. The summed E-state index contributed by atoms with van der Waals surface area (Å²) in [5, 5.41) is 0.198. The van der Waals surface area contributed by atoms with Crippen molar-refractivity contribution in [3.63, 3.8) is 0 Å². The number of alkyl halides is 1. The lowest BCUT2D eigenvalue weighted by atomic mass is 9.86. The zero-order valence-corrected chi connectivity index (χ0v) is 10.5. The van der Waals surface area contributed by atoms with Gasteiger partial charge < -0.3 is 4.90 Å². The van der Waals surface area contributed by atoms with E-state index >= 15 is 0 Å². The summed E-state index contributed by atoms with van der Waals surface area (Å²) in [6.07, 6.45) is 7.28. The second kappa shape index (κ2) is 4.21. The van der Waals surface area contributed by atoms with Crippen molar-refractivity contribution in [2.75, 3.05) is 13.1 Å². The van der Waals surface area contributed by atoms with Crippen LogP contribution in [0.3, 0.4) is 0 Å². The van der Waals surface area contributed by atoms with Gasteiger partial charge in [-0.1, -0.05) is 6.42 Å². The molecule has 0 aromatic heterocycles. The Kier molecular flexibility index (Phi) is 2.87. The summed E-state index contributed by atoms with van der Waals surface area (Å²) < 4.78 is 0. The van der Waals surface area contributed by atoms with Gasteiger partial charge in [0.25, 0.3) is 0 Å². The van der Waals surface area contributed by atoms with Gasteiger partial charge in [0.1, 0.15) is 0 Å². The number of hydrogen-bond acceptors (Lipinski definition) is 1. The molecule has 90 valence electrons. The zero-order valence-electron chi connectivity index (χ0n) is 9.70. The molecular weight excluding hydrogens is 222 g/mol. The summed E-state index contributed by atoms with van der Waals surface area (Å²) in [5.41, 5.74) is 0. The van der Waals surface area contributed by atoms with Crippen molar-refractivity contribution in [1.82, 2.24) is 4.90 Å². The summed E-state index contributed by atoms with van der Waals surface area (Å²) in [7, 11) is 0. The van der Waals surface area contributed by atoms with Gasteiger partial charge in [-0.3, -0.25) is 4.79 Å². The van der Waals surface area contributed by atoms with Crippen molar-refractivity contribution in [2.24, 2.45) is 17.8 Å². The van der Waals surface area contributed by atoms with Crippen LogP contribution in [0, 0.1) is 17.8 Å². The van der Waals surface area contributed by atoms with Gasteiger partial charge in [-0.2, -0.15) is 0 Å². The number of likely N-dealkylation sites (tertiary alicyclic amines) is 1. The van der Waals surface area contributed by atoms with Crippen LogP contribution in [0.5, 0.6) is 0 Å². The molecule has 4 unspecified atom stereocenters. The van der Waals surface area contributed by atoms with E-state index in [1.165, 1.54) is 25.7 Å². The predicted molar refractivity (Wildman–Crippen MR) is 64.4 cm³/mol. The fraction of sp³-hybridized carbons (Fsp3) is 0.923. The van der Waals surface area contributed by atoms with Gasteiger partial charge in [-0.25, -0.2) is 0 Å². The monoisotopic (exact) mass is 241 g/mol. The van der Waals surface area contributed by atoms with Gasteiger partial charge in [0.15, 0.2) is 0 Å². The molecule has 3 rings (SSSR count). The van der Waals surface area contributed by atoms with Crippen molar-refractivity contribution in [2.45, 2.75) is 43.9 Å². The fourth-order valence-electron chi connectivity index (χ4n) is 3.92. The van der Waals surface area contributed by atoms with E-state index in [9.17, 15) is 4.79 Å². The van der Waals surface area contributed by atoms with Crippen LogP contribution >= 0.6 is 11.6 Å².